The molecule has 0 aliphatic rings. The van der Waals surface area contributed by atoms with Gasteiger partial charge in [-0.1, -0.05) is 24.8 Å². The highest BCUT2D eigenvalue weighted by molar-refractivity contribution is 5.99. The normalized spacial score (nSPS) is 11.9. The predicted octanol–water partition coefficient (Wildman–Crippen LogP) is 2.98. The molecular weight excluding hydrogens is 258 g/mol. The summed E-state index contributed by atoms with van der Waals surface area (Å²) in [5, 5.41) is 19.4. The number of hydrogen-bond acceptors (Lipinski definition) is 5. The number of fused-ring (bicyclic) bond motifs is 1. The van der Waals surface area contributed by atoms with Gasteiger partial charge in [-0.3, -0.25) is 0 Å². The van der Waals surface area contributed by atoms with Gasteiger partial charge in [-0.05, 0) is 19.1 Å². The van der Waals surface area contributed by atoms with Gasteiger partial charge in [0.1, 0.15) is 5.52 Å². The molecule has 0 bridgehead atoms. The van der Waals surface area contributed by atoms with E-state index in [2.05, 4.69) is 22.3 Å². The van der Waals surface area contributed by atoms with Gasteiger partial charge in [-0.2, -0.15) is 0 Å². The van der Waals surface area contributed by atoms with E-state index in [9.17, 15) is 9.90 Å². The molecule has 0 radical (unpaired) electrons. The molecule has 6 nitrogen and oxygen atoms in total. The molecule has 2 rings (SSSR count). The van der Waals surface area contributed by atoms with Crippen molar-refractivity contribution >= 4 is 22.8 Å². The first-order chi connectivity index (χ1) is 9.61. The summed E-state index contributed by atoms with van der Waals surface area (Å²) < 4.78 is 4.86. The predicted molar refractivity (Wildman–Crippen MR) is 75.5 cm³/mol. The third-order valence-corrected chi connectivity index (χ3v) is 2.54. The lowest BCUT2D eigenvalue weighted by atomic mass is 10.1. The maximum Gasteiger partial charge on any atom is 0.337 e. The minimum absolute atomic E-state index is 0.0940. The summed E-state index contributed by atoms with van der Waals surface area (Å²) >= 11 is 0. The number of aromatic carboxylic acids is 1. The van der Waals surface area contributed by atoms with Crippen LogP contribution in [-0.2, 0) is 0 Å². The maximum absolute atomic E-state index is 11.3. The quantitative estimate of drug-likeness (QED) is 0.813. The zero-order valence-corrected chi connectivity index (χ0v) is 10.8. The minimum atomic E-state index is -1.06. The van der Waals surface area contributed by atoms with Gasteiger partial charge >= 0.3 is 5.97 Å². The fourth-order valence-electron chi connectivity index (χ4n) is 1.64. The Labute approximate surface area is 115 Å². The number of nitrogens with one attached hydrogen (secondary N) is 1. The second kappa shape index (κ2) is 5.83. The summed E-state index contributed by atoms with van der Waals surface area (Å²) in [5.74, 6) is -1.06. The van der Waals surface area contributed by atoms with Gasteiger partial charge in [-0.25, -0.2) is 4.79 Å². The molecule has 0 saturated heterocycles. The average molecular weight is 271 g/mol. The molecule has 0 spiro atoms. The maximum atomic E-state index is 11.3. The first kappa shape index (κ1) is 13.5. The first-order valence-electron chi connectivity index (χ1n) is 5.84. The second-order valence-electron chi connectivity index (χ2n) is 4.04. The van der Waals surface area contributed by atoms with Crippen LogP contribution in [0.2, 0.25) is 0 Å². The SMILES string of the molecule is C=C/C=C\C=C(/C)Nc1cc2nnoc2cc1C(=O)O. The summed E-state index contributed by atoms with van der Waals surface area (Å²) in [6.07, 6.45) is 7.03. The van der Waals surface area contributed by atoms with Crippen molar-refractivity contribution in [2.24, 2.45) is 0 Å². The third-order valence-electron chi connectivity index (χ3n) is 2.54. The van der Waals surface area contributed by atoms with Crippen molar-refractivity contribution in [1.29, 1.82) is 0 Å². The number of aromatic nitrogens is 2. The van der Waals surface area contributed by atoms with Crippen molar-refractivity contribution in [3.8, 4) is 0 Å². The lowest BCUT2D eigenvalue weighted by Crippen LogP contribution is -2.04. The van der Waals surface area contributed by atoms with E-state index in [1.165, 1.54) is 6.07 Å². The van der Waals surface area contributed by atoms with E-state index < -0.39 is 5.97 Å². The Hall–Kier alpha value is -2.89. The number of benzene rings is 1. The van der Waals surface area contributed by atoms with Crippen LogP contribution in [0.4, 0.5) is 5.69 Å². The van der Waals surface area contributed by atoms with Crippen molar-refractivity contribution < 1.29 is 14.4 Å². The van der Waals surface area contributed by atoms with E-state index in [-0.39, 0.29) is 5.56 Å². The standard InChI is InChI=1S/C14H13N3O3/c1-3-4-5-6-9(2)15-11-8-12-13(20-17-16-12)7-10(11)14(18)19/h3-8,15H,1H2,2H3,(H,18,19)/b5-4-,9-6+. The molecule has 0 saturated carbocycles. The van der Waals surface area contributed by atoms with E-state index in [1.807, 2.05) is 6.92 Å². The molecule has 0 atom stereocenters. The summed E-state index contributed by atoms with van der Waals surface area (Å²) in [6, 6.07) is 2.98. The van der Waals surface area contributed by atoms with Gasteiger partial charge in [-0.15, -0.1) is 5.10 Å². The molecule has 1 heterocycles. The summed E-state index contributed by atoms with van der Waals surface area (Å²) in [6.45, 7) is 5.39. The molecule has 2 N–H and O–H groups in total. The van der Waals surface area contributed by atoms with Crippen molar-refractivity contribution in [2.75, 3.05) is 5.32 Å². The molecule has 0 amide bonds. The van der Waals surface area contributed by atoms with Gasteiger partial charge in [0.25, 0.3) is 0 Å². The molecule has 0 aliphatic heterocycles. The summed E-state index contributed by atoms with van der Waals surface area (Å²) in [4.78, 5) is 11.3. The van der Waals surface area contributed by atoms with Gasteiger partial charge in [0.05, 0.1) is 11.3 Å². The molecule has 20 heavy (non-hydrogen) atoms. The van der Waals surface area contributed by atoms with Crippen LogP contribution in [0.1, 0.15) is 17.3 Å². The van der Waals surface area contributed by atoms with Crippen molar-refractivity contribution in [3.63, 3.8) is 0 Å². The highest BCUT2D eigenvalue weighted by Crippen LogP contribution is 2.24. The number of carbonyl (C=O) groups is 1. The molecule has 0 unspecified atom stereocenters. The lowest BCUT2D eigenvalue weighted by molar-refractivity contribution is 0.0698. The smallest absolute Gasteiger partial charge is 0.337 e. The van der Waals surface area contributed by atoms with Crippen molar-refractivity contribution in [1.82, 2.24) is 10.4 Å². The summed E-state index contributed by atoms with van der Waals surface area (Å²) in [5.41, 5.74) is 2.13. The van der Waals surface area contributed by atoms with Crippen LogP contribution >= 0.6 is 0 Å². The van der Waals surface area contributed by atoms with Gasteiger partial charge < -0.3 is 14.9 Å². The van der Waals surface area contributed by atoms with E-state index in [4.69, 9.17) is 4.52 Å². The van der Waals surface area contributed by atoms with Crippen LogP contribution in [-0.4, -0.2) is 21.4 Å². The number of anilines is 1. The molecule has 6 heteroatoms. The van der Waals surface area contributed by atoms with Crippen LogP contribution in [0.5, 0.6) is 0 Å². The van der Waals surface area contributed by atoms with Gasteiger partial charge in [0, 0.05) is 17.0 Å². The van der Waals surface area contributed by atoms with Crippen LogP contribution in [0, 0.1) is 0 Å². The Morgan fingerprint density at radius 2 is 2.25 bits per heavy atom. The van der Waals surface area contributed by atoms with E-state index >= 15 is 0 Å². The van der Waals surface area contributed by atoms with Crippen LogP contribution in [0.15, 0.2) is 53.2 Å². The van der Waals surface area contributed by atoms with Gasteiger partial charge in [0.2, 0.25) is 0 Å². The molecule has 0 aliphatic carbocycles. The molecule has 2 aromatic rings. The van der Waals surface area contributed by atoms with Crippen molar-refractivity contribution in [3.05, 3.63) is 54.3 Å². The Morgan fingerprint density at radius 1 is 1.45 bits per heavy atom. The second-order valence-corrected chi connectivity index (χ2v) is 4.04. The molecule has 102 valence electrons. The van der Waals surface area contributed by atoms with E-state index in [0.717, 1.165) is 5.70 Å². The zero-order chi connectivity index (χ0) is 14.5. The van der Waals surface area contributed by atoms with E-state index in [0.29, 0.717) is 16.8 Å². The van der Waals surface area contributed by atoms with E-state index in [1.54, 1.807) is 30.4 Å². The largest absolute Gasteiger partial charge is 0.478 e. The monoisotopic (exact) mass is 271 g/mol. The van der Waals surface area contributed by atoms with Crippen molar-refractivity contribution in [2.45, 2.75) is 6.92 Å². The number of carboxylic acid groups (broad SMARTS) is 1. The molecule has 0 fully saturated rings. The Morgan fingerprint density at radius 3 is 2.95 bits per heavy atom. The first-order valence-corrected chi connectivity index (χ1v) is 5.84. The fraction of sp³-hybridized carbons (Fsp3) is 0.0714. The van der Waals surface area contributed by atoms with Gasteiger partial charge in [0.15, 0.2) is 5.58 Å². The topological polar surface area (TPSA) is 88.3 Å². The lowest BCUT2D eigenvalue weighted by Gasteiger charge is -2.09. The Balaban J connectivity index is 2.38. The average Bonchev–Trinajstić information content (AvgIpc) is 2.85. The molecule has 1 aromatic carbocycles. The highest BCUT2D eigenvalue weighted by Gasteiger charge is 2.14. The Bertz CT molecular complexity index is 714. The van der Waals surface area contributed by atoms with Crippen LogP contribution < -0.4 is 5.32 Å². The molecule has 1 aromatic heterocycles. The molecular formula is C14H13N3O3. The number of nitrogens with zero attached hydrogens (tertiary/aromatic N) is 2. The number of rotatable bonds is 5. The third kappa shape index (κ3) is 2.92. The van der Waals surface area contributed by atoms with Crippen LogP contribution in [0.25, 0.3) is 11.1 Å². The number of hydrogen-bond donors (Lipinski definition) is 2. The summed E-state index contributed by atoms with van der Waals surface area (Å²) in [7, 11) is 0. The number of carboxylic acids is 1. The number of allylic oxidation sites excluding steroid dienone is 5. The zero-order valence-electron chi connectivity index (χ0n) is 10.8. The highest BCUT2D eigenvalue weighted by atomic mass is 16.5. The van der Waals surface area contributed by atoms with Crippen LogP contribution in [0.3, 0.4) is 0 Å². The minimum Gasteiger partial charge on any atom is -0.478 e. The fourth-order valence-corrected chi connectivity index (χ4v) is 1.64. The Kier molecular flexibility index (Phi) is 3.95.